The molecule has 2 N–H and O–H groups in total. The summed E-state index contributed by atoms with van der Waals surface area (Å²) in [6.45, 7) is 4.19. The van der Waals surface area contributed by atoms with Gasteiger partial charge in [-0.3, -0.25) is 9.59 Å². The first-order valence-corrected chi connectivity index (χ1v) is 5.39. The standard InChI is InChI=1S/C10H18N2O3/c1-2-3-5-12-6-4-11-8(10(12)15)7-9(13)14/h8,11H,2-7H2,1H3,(H,13,14). The molecule has 0 radical (unpaired) electrons. The van der Waals surface area contributed by atoms with Crippen molar-refractivity contribution in [2.75, 3.05) is 19.6 Å². The van der Waals surface area contributed by atoms with Crippen LogP contribution in [0.1, 0.15) is 26.2 Å². The Hall–Kier alpha value is -1.10. The van der Waals surface area contributed by atoms with Gasteiger partial charge in [-0.1, -0.05) is 13.3 Å². The van der Waals surface area contributed by atoms with E-state index < -0.39 is 12.0 Å². The number of carboxylic acids is 1. The number of nitrogens with one attached hydrogen (secondary N) is 1. The molecule has 15 heavy (non-hydrogen) atoms. The van der Waals surface area contributed by atoms with Crippen LogP contribution in [0.2, 0.25) is 0 Å². The van der Waals surface area contributed by atoms with Crippen molar-refractivity contribution >= 4 is 11.9 Å². The fraction of sp³-hybridized carbons (Fsp3) is 0.800. The lowest BCUT2D eigenvalue weighted by Crippen LogP contribution is -2.55. The van der Waals surface area contributed by atoms with Crippen LogP contribution in [-0.4, -0.2) is 47.6 Å². The molecular weight excluding hydrogens is 196 g/mol. The van der Waals surface area contributed by atoms with Gasteiger partial charge in [-0.25, -0.2) is 0 Å². The fourth-order valence-electron chi connectivity index (χ4n) is 1.70. The van der Waals surface area contributed by atoms with Gasteiger partial charge in [0.1, 0.15) is 0 Å². The average molecular weight is 214 g/mol. The summed E-state index contributed by atoms with van der Waals surface area (Å²) in [6.07, 6.45) is 1.90. The van der Waals surface area contributed by atoms with Crippen molar-refractivity contribution in [1.82, 2.24) is 10.2 Å². The number of hydrogen-bond acceptors (Lipinski definition) is 3. The first-order chi connectivity index (χ1) is 7.15. The molecular formula is C10H18N2O3. The van der Waals surface area contributed by atoms with E-state index in [4.69, 9.17) is 5.11 Å². The number of unbranched alkanes of at least 4 members (excludes halogenated alkanes) is 1. The molecule has 1 aliphatic heterocycles. The smallest absolute Gasteiger partial charge is 0.305 e. The van der Waals surface area contributed by atoms with Crippen molar-refractivity contribution in [3.05, 3.63) is 0 Å². The first kappa shape index (κ1) is 12.0. The molecule has 1 atom stereocenters. The van der Waals surface area contributed by atoms with E-state index in [0.717, 1.165) is 19.4 Å². The molecule has 1 unspecified atom stereocenters. The van der Waals surface area contributed by atoms with Crippen LogP contribution in [0.15, 0.2) is 0 Å². The van der Waals surface area contributed by atoms with Gasteiger partial charge in [0.25, 0.3) is 0 Å². The monoisotopic (exact) mass is 214 g/mol. The molecule has 1 amide bonds. The van der Waals surface area contributed by atoms with Gasteiger partial charge < -0.3 is 15.3 Å². The number of nitrogens with zero attached hydrogens (tertiary/aromatic N) is 1. The maximum absolute atomic E-state index is 11.8. The van der Waals surface area contributed by atoms with Crippen molar-refractivity contribution in [1.29, 1.82) is 0 Å². The van der Waals surface area contributed by atoms with E-state index in [2.05, 4.69) is 12.2 Å². The van der Waals surface area contributed by atoms with Crippen molar-refractivity contribution in [2.45, 2.75) is 32.2 Å². The van der Waals surface area contributed by atoms with Gasteiger partial charge in [0, 0.05) is 19.6 Å². The molecule has 1 rings (SSSR count). The minimum absolute atomic E-state index is 0.0721. The van der Waals surface area contributed by atoms with Crippen LogP contribution < -0.4 is 5.32 Å². The molecule has 1 fully saturated rings. The lowest BCUT2D eigenvalue weighted by molar-refractivity contribution is -0.144. The quantitative estimate of drug-likeness (QED) is 0.679. The van der Waals surface area contributed by atoms with Gasteiger partial charge in [-0.05, 0) is 6.42 Å². The van der Waals surface area contributed by atoms with E-state index in [0.29, 0.717) is 13.1 Å². The number of rotatable bonds is 5. The Kier molecular flexibility index (Phi) is 4.55. The molecule has 1 aliphatic rings. The Labute approximate surface area is 89.4 Å². The maximum atomic E-state index is 11.8. The largest absolute Gasteiger partial charge is 0.481 e. The van der Waals surface area contributed by atoms with Gasteiger partial charge in [0.05, 0.1) is 12.5 Å². The second kappa shape index (κ2) is 5.70. The minimum Gasteiger partial charge on any atom is -0.481 e. The molecule has 1 heterocycles. The van der Waals surface area contributed by atoms with E-state index in [1.165, 1.54) is 0 Å². The summed E-state index contributed by atoms with van der Waals surface area (Å²) >= 11 is 0. The highest BCUT2D eigenvalue weighted by atomic mass is 16.4. The summed E-state index contributed by atoms with van der Waals surface area (Å²) in [6, 6.07) is -0.534. The highest BCUT2D eigenvalue weighted by Gasteiger charge is 2.29. The van der Waals surface area contributed by atoms with Gasteiger partial charge in [0.15, 0.2) is 0 Å². The third-order valence-corrected chi connectivity index (χ3v) is 2.54. The Morgan fingerprint density at radius 3 is 3.00 bits per heavy atom. The summed E-state index contributed by atoms with van der Waals surface area (Å²) < 4.78 is 0. The molecule has 86 valence electrons. The zero-order valence-corrected chi connectivity index (χ0v) is 9.03. The number of carboxylic acid groups (broad SMARTS) is 1. The molecule has 0 bridgehead atoms. The van der Waals surface area contributed by atoms with Crippen LogP contribution >= 0.6 is 0 Å². The average Bonchev–Trinajstić information content (AvgIpc) is 2.19. The fourth-order valence-corrected chi connectivity index (χ4v) is 1.70. The van der Waals surface area contributed by atoms with E-state index in [-0.39, 0.29) is 12.3 Å². The minimum atomic E-state index is -0.932. The zero-order valence-electron chi connectivity index (χ0n) is 9.03. The van der Waals surface area contributed by atoms with E-state index >= 15 is 0 Å². The molecule has 0 spiro atoms. The molecule has 0 aromatic heterocycles. The predicted molar refractivity (Wildman–Crippen MR) is 55.5 cm³/mol. The van der Waals surface area contributed by atoms with Crippen molar-refractivity contribution < 1.29 is 14.7 Å². The molecule has 1 saturated heterocycles. The summed E-state index contributed by atoms with van der Waals surface area (Å²) in [5, 5.41) is 11.6. The zero-order chi connectivity index (χ0) is 11.3. The van der Waals surface area contributed by atoms with Crippen molar-refractivity contribution in [3.63, 3.8) is 0 Å². The molecule has 5 nitrogen and oxygen atoms in total. The molecule has 0 aromatic carbocycles. The van der Waals surface area contributed by atoms with E-state index in [9.17, 15) is 9.59 Å². The van der Waals surface area contributed by atoms with Crippen LogP contribution in [0.5, 0.6) is 0 Å². The van der Waals surface area contributed by atoms with Crippen molar-refractivity contribution in [3.8, 4) is 0 Å². The number of piperazine rings is 1. The molecule has 0 saturated carbocycles. The molecule has 0 aromatic rings. The number of aliphatic carboxylic acids is 1. The number of hydrogen-bond donors (Lipinski definition) is 2. The Morgan fingerprint density at radius 1 is 1.67 bits per heavy atom. The van der Waals surface area contributed by atoms with Crippen LogP contribution in [0, 0.1) is 0 Å². The van der Waals surface area contributed by atoms with Gasteiger partial charge in [-0.15, -0.1) is 0 Å². The Bertz CT molecular complexity index is 243. The van der Waals surface area contributed by atoms with Crippen LogP contribution in [0.3, 0.4) is 0 Å². The third kappa shape index (κ3) is 3.51. The van der Waals surface area contributed by atoms with Crippen LogP contribution in [0.4, 0.5) is 0 Å². The van der Waals surface area contributed by atoms with Crippen LogP contribution in [-0.2, 0) is 9.59 Å². The Morgan fingerprint density at radius 2 is 2.40 bits per heavy atom. The third-order valence-electron chi connectivity index (χ3n) is 2.54. The first-order valence-electron chi connectivity index (χ1n) is 5.39. The maximum Gasteiger partial charge on any atom is 0.305 e. The van der Waals surface area contributed by atoms with E-state index in [1.807, 2.05) is 0 Å². The molecule has 5 heteroatoms. The highest BCUT2D eigenvalue weighted by Crippen LogP contribution is 2.06. The summed E-state index contributed by atoms with van der Waals surface area (Å²) in [7, 11) is 0. The topological polar surface area (TPSA) is 69.6 Å². The lowest BCUT2D eigenvalue weighted by atomic mass is 10.1. The highest BCUT2D eigenvalue weighted by molar-refractivity contribution is 5.86. The SMILES string of the molecule is CCCCN1CCNC(CC(=O)O)C1=O. The number of carbonyl (C=O) groups excluding carboxylic acids is 1. The lowest BCUT2D eigenvalue weighted by Gasteiger charge is -2.32. The van der Waals surface area contributed by atoms with Crippen LogP contribution in [0.25, 0.3) is 0 Å². The van der Waals surface area contributed by atoms with Gasteiger partial charge >= 0.3 is 5.97 Å². The summed E-state index contributed by atoms with van der Waals surface area (Å²) in [5.74, 6) is -1.00. The van der Waals surface area contributed by atoms with Crippen molar-refractivity contribution in [2.24, 2.45) is 0 Å². The summed E-state index contributed by atoms with van der Waals surface area (Å²) in [4.78, 5) is 24.0. The Balaban J connectivity index is 2.47. The second-order valence-corrected chi connectivity index (χ2v) is 3.78. The predicted octanol–water partition coefficient (Wildman–Crippen LogP) is 0.0616. The normalized spacial score (nSPS) is 21.8. The molecule has 0 aliphatic carbocycles. The number of amides is 1. The second-order valence-electron chi connectivity index (χ2n) is 3.78. The van der Waals surface area contributed by atoms with Gasteiger partial charge in [-0.2, -0.15) is 0 Å². The number of carbonyl (C=O) groups is 2. The van der Waals surface area contributed by atoms with Gasteiger partial charge in [0.2, 0.25) is 5.91 Å². The summed E-state index contributed by atoms with van der Waals surface area (Å²) in [5.41, 5.74) is 0. The van der Waals surface area contributed by atoms with E-state index in [1.54, 1.807) is 4.90 Å².